The van der Waals surface area contributed by atoms with Crippen LogP contribution in [0.15, 0.2) is 53.7 Å². The van der Waals surface area contributed by atoms with E-state index in [1.54, 1.807) is 31.2 Å². The van der Waals surface area contributed by atoms with E-state index in [0.717, 1.165) is 10.9 Å². The average molecular weight is 374 g/mol. The van der Waals surface area contributed by atoms with Gasteiger partial charge in [-0.25, -0.2) is 4.98 Å². The largest absolute Gasteiger partial charge is 0.338 e. The Labute approximate surface area is 158 Å². The SMILES string of the molecule is C[C@H](Sc1nnc2c(n1)[nH]c1ccccc12)C(=O)Nc1ccc(C#N)cc1. The Morgan fingerprint density at radius 1 is 1.19 bits per heavy atom. The fourth-order valence-corrected chi connectivity index (χ4v) is 3.35. The van der Waals surface area contributed by atoms with Gasteiger partial charge in [-0.15, -0.1) is 10.2 Å². The second-order valence-corrected chi connectivity index (χ2v) is 7.21. The second kappa shape index (κ2) is 7.05. The molecule has 4 rings (SSSR count). The van der Waals surface area contributed by atoms with Crippen molar-refractivity contribution < 1.29 is 4.79 Å². The fraction of sp³-hybridized carbons (Fsp3) is 0.105. The lowest BCUT2D eigenvalue weighted by molar-refractivity contribution is -0.115. The Bertz CT molecular complexity index is 1180. The molecule has 0 radical (unpaired) electrons. The maximum atomic E-state index is 12.4. The highest BCUT2D eigenvalue weighted by Crippen LogP contribution is 2.25. The van der Waals surface area contributed by atoms with Crippen LogP contribution in [0, 0.1) is 11.3 Å². The van der Waals surface area contributed by atoms with Gasteiger partial charge in [-0.05, 0) is 37.3 Å². The van der Waals surface area contributed by atoms with E-state index in [1.165, 1.54) is 11.8 Å². The number of carbonyl (C=O) groups excluding carboxylic acids is 1. The summed E-state index contributed by atoms with van der Waals surface area (Å²) in [6.45, 7) is 1.78. The van der Waals surface area contributed by atoms with Crippen molar-refractivity contribution in [2.45, 2.75) is 17.3 Å². The van der Waals surface area contributed by atoms with Gasteiger partial charge < -0.3 is 10.3 Å². The van der Waals surface area contributed by atoms with E-state index in [2.05, 4.69) is 25.5 Å². The molecule has 0 aliphatic heterocycles. The number of anilines is 1. The van der Waals surface area contributed by atoms with Crippen LogP contribution in [-0.2, 0) is 4.79 Å². The maximum absolute atomic E-state index is 12.4. The normalized spacial score (nSPS) is 12.0. The van der Waals surface area contributed by atoms with Gasteiger partial charge in [0.25, 0.3) is 0 Å². The molecule has 4 aromatic rings. The smallest absolute Gasteiger partial charge is 0.237 e. The quantitative estimate of drug-likeness (QED) is 0.529. The molecule has 8 heteroatoms. The highest BCUT2D eigenvalue weighted by Gasteiger charge is 2.18. The first kappa shape index (κ1) is 17.0. The van der Waals surface area contributed by atoms with Crippen molar-refractivity contribution in [3.05, 3.63) is 54.1 Å². The van der Waals surface area contributed by atoms with E-state index in [-0.39, 0.29) is 5.91 Å². The number of aromatic nitrogens is 4. The summed E-state index contributed by atoms with van der Waals surface area (Å²) < 4.78 is 0. The summed E-state index contributed by atoms with van der Waals surface area (Å²) in [4.78, 5) is 20.1. The van der Waals surface area contributed by atoms with Gasteiger partial charge in [0.15, 0.2) is 5.65 Å². The summed E-state index contributed by atoms with van der Waals surface area (Å²) in [7, 11) is 0. The van der Waals surface area contributed by atoms with Crippen LogP contribution in [0.25, 0.3) is 22.1 Å². The van der Waals surface area contributed by atoms with Crippen molar-refractivity contribution in [3.63, 3.8) is 0 Å². The third-order valence-corrected chi connectivity index (χ3v) is 4.99. The molecule has 0 spiro atoms. The molecule has 0 unspecified atom stereocenters. The number of fused-ring (bicyclic) bond motifs is 3. The standard InChI is InChI=1S/C19H14N6OS/c1-11(18(26)21-13-8-6-12(10-20)7-9-13)27-19-23-17-16(24-25-19)14-4-2-3-5-15(14)22-17/h2-9,11H,1H3,(H,21,26)(H,22,23,25)/t11-/m0/s1. The first-order valence-corrected chi connectivity index (χ1v) is 9.11. The van der Waals surface area contributed by atoms with E-state index in [9.17, 15) is 4.79 Å². The Kier molecular flexibility index (Phi) is 4.44. The predicted octanol–water partition coefficient (Wildman–Crippen LogP) is 3.50. The molecule has 0 bridgehead atoms. The molecule has 7 nitrogen and oxygen atoms in total. The van der Waals surface area contributed by atoms with Crippen molar-refractivity contribution in [3.8, 4) is 6.07 Å². The Morgan fingerprint density at radius 2 is 1.96 bits per heavy atom. The zero-order chi connectivity index (χ0) is 18.8. The highest BCUT2D eigenvalue weighted by molar-refractivity contribution is 8.00. The number of thioether (sulfide) groups is 1. The van der Waals surface area contributed by atoms with Gasteiger partial charge in [-0.2, -0.15) is 5.26 Å². The number of nitrogens with zero attached hydrogens (tertiary/aromatic N) is 4. The lowest BCUT2D eigenvalue weighted by Crippen LogP contribution is -2.22. The van der Waals surface area contributed by atoms with Crippen LogP contribution in [0.1, 0.15) is 12.5 Å². The number of rotatable bonds is 4. The molecule has 2 aromatic carbocycles. The average Bonchev–Trinajstić information content (AvgIpc) is 3.06. The molecule has 1 atom stereocenters. The van der Waals surface area contributed by atoms with Gasteiger partial charge in [-0.3, -0.25) is 4.79 Å². The van der Waals surface area contributed by atoms with E-state index < -0.39 is 5.25 Å². The summed E-state index contributed by atoms with van der Waals surface area (Å²) in [5.41, 5.74) is 3.49. The van der Waals surface area contributed by atoms with Crippen LogP contribution in [-0.4, -0.2) is 31.3 Å². The summed E-state index contributed by atoms with van der Waals surface area (Å²) in [6, 6.07) is 16.6. The van der Waals surface area contributed by atoms with Crippen LogP contribution in [0.4, 0.5) is 5.69 Å². The zero-order valence-corrected chi connectivity index (χ0v) is 15.1. The van der Waals surface area contributed by atoms with Crippen LogP contribution in [0.5, 0.6) is 0 Å². The van der Waals surface area contributed by atoms with Crippen LogP contribution < -0.4 is 5.32 Å². The maximum Gasteiger partial charge on any atom is 0.237 e. The Balaban J connectivity index is 1.49. The van der Waals surface area contributed by atoms with E-state index in [1.807, 2.05) is 30.3 Å². The highest BCUT2D eigenvalue weighted by atomic mass is 32.2. The molecule has 0 saturated heterocycles. The van der Waals surface area contributed by atoms with Gasteiger partial charge >= 0.3 is 0 Å². The molecule has 0 aliphatic rings. The summed E-state index contributed by atoms with van der Waals surface area (Å²) in [5, 5.41) is 21.0. The first-order chi connectivity index (χ1) is 13.1. The number of aromatic amines is 1. The number of hydrogen-bond acceptors (Lipinski definition) is 6. The predicted molar refractivity (Wildman–Crippen MR) is 104 cm³/mol. The Hall–Kier alpha value is -3.44. The second-order valence-electron chi connectivity index (χ2n) is 5.90. The van der Waals surface area contributed by atoms with E-state index in [4.69, 9.17) is 5.26 Å². The minimum atomic E-state index is -0.413. The minimum absolute atomic E-state index is 0.176. The number of amides is 1. The summed E-state index contributed by atoms with van der Waals surface area (Å²) in [6.07, 6.45) is 0. The minimum Gasteiger partial charge on any atom is -0.338 e. The van der Waals surface area contributed by atoms with E-state index >= 15 is 0 Å². The lowest BCUT2D eigenvalue weighted by atomic mass is 10.2. The molecule has 2 heterocycles. The van der Waals surface area contributed by atoms with Gasteiger partial charge in [-0.1, -0.05) is 30.0 Å². The molecule has 2 aromatic heterocycles. The molecule has 0 saturated carbocycles. The third-order valence-electron chi connectivity index (χ3n) is 4.04. The van der Waals surface area contributed by atoms with Crippen molar-refractivity contribution in [1.82, 2.24) is 20.2 Å². The molecule has 1 amide bonds. The van der Waals surface area contributed by atoms with Crippen molar-refractivity contribution in [2.75, 3.05) is 5.32 Å². The molecule has 0 fully saturated rings. The molecule has 27 heavy (non-hydrogen) atoms. The lowest BCUT2D eigenvalue weighted by Gasteiger charge is -2.10. The van der Waals surface area contributed by atoms with Gasteiger partial charge in [0.2, 0.25) is 11.1 Å². The number of hydrogen-bond donors (Lipinski definition) is 2. The summed E-state index contributed by atoms with van der Waals surface area (Å²) >= 11 is 1.23. The van der Waals surface area contributed by atoms with Crippen molar-refractivity contribution in [1.29, 1.82) is 5.26 Å². The Morgan fingerprint density at radius 3 is 2.74 bits per heavy atom. The topological polar surface area (TPSA) is 107 Å². The van der Waals surface area contributed by atoms with Gasteiger partial charge in [0.1, 0.15) is 5.52 Å². The van der Waals surface area contributed by atoms with Crippen LogP contribution in [0.2, 0.25) is 0 Å². The van der Waals surface area contributed by atoms with Gasteiger partial charge in [0.05, 0.1) is 16.9 Å². The molecular weight excluding hydrogens is 360 g/mol. The van der Waals surface area contributed by atoms with Crippen molar-refractivity contribution >= 4 is 45.4 Å². The third kappa shape index (κ3) is 3.45. The number of benzene rings is 2. The summed E-state index contributed by atoms with van der Waals surface area (Å²) in [5.74, 6) is -0.176. The number of para-hydroxylation sites is 1. The molecule has 132 valence electrons. The number of carbonyl (C=O) groups is 1. The van der Waals surface area contributed by atoms with E-state index in [0.29, 0.717) is 27.6 Å². The zero-order valence-electron chi connectivity index (χ0n) is 14.3. The molecular formula is C19H14N6OS. The fourth-order valence-electron chi connectivity index (χ4n) is 2.64. The molecule has 0 aliphatic carbocycles. The van der Waals surface area contributed by atoms with Gasteiger partial charge in [0, 0.05) is 16.6 Å². The first-order valence-electron chi connectivity index (χ1n) is 8.23. The van der Waals surface area contributed by atoms with Crippen LogP contribution >= 0.6 is 11.8 Å². The number of nitriles is 1. The number of nitrogens with one attached hydrogen (secondary N) is 2. The van der Waals surface area contributed by atoms with Crippen LogP contribution in [0.3, 0.4) is 0 Å². The number of H-pyrrole nitrogens is 1. The monoisotopic (exact) mass is 374 g/mol. The molecule has 2 N–H and O–H groups in total. The van der Waals surface area contributed by atoms with Crippen molar-refractivity contribution in [2.24, 2.45) is 0 Å².